The average molecular weight is 391 g/mol. The molecule has 1 N–H and O–H groups in total. The van der Waals surface area contributed by atoms with Gasteiger partial charge in [0, 0.05) is 16.8 Å². The predicted octanol–water partition coefficient (Wildman–Crippen LogP) is 4.56. The molecule has 2 rings (SSSR count). The van der Waals surface area contributed by atoms with E-state index >= 15 is 0 Å². The minimum absolute atomic E-state index is 0.122. The standard InChI is InChI=1S/C19H19ClN2O5/c1-3-12(2)13-4-7-15(8-5-13)21-18(23)11-27-19(24)16-9-6-14(20)10-17(16)22(25)26/h4-10,12H,3,11H2,1-2H3,(H,21,23). The predicted molar refractivity (Wildman–Crippen MR) is 102 cm³/mol. The molecule has 0 aliphatic rings. The smallest absolute Gasteiger partial charge is 0.345 e. The summed E-state index contributed by atoms with van der Waals surface area (Å²) in [5.41, 5.74) is 0.987. The molecular formula is C19H19ClN2O5. The molecule has 0 bridgehead atoms. The highest BCUT2D eigenvalue weighted by atomic mass is 35.5. The van der Waals surface area contributed by atoms with Crippen molar-refractivity contribution in [3.05, 3.63) is 68.7 Å². The van der Waals surface area contributed by atoms with Crippen LogP contribution in [0.4, 0.5) is 11.4 Å². The van der Waals surface area contributed by atoms with Crippen LogP contribution in [-0.4, -0.2) is 23.4 Å². The van der Waals surface area contributed by atoms with Crippen LogP contribution in [0.2, 0.25) is 5.02 Å². The summed E-state index contributed by atoms with van der Waals surface area (Å²) in [6.45, 7) is 3.65. The number of hydrogen-bond acceptors (Lipinski definition) is 5. The van der Waals surface area contributed by atoms with Crippen LogP contribution in [0.3, 0.4) is 0 Å². The zero-order chi connectivity index (χ0) is 20.0. The number of carbonyl (C=O) groups is 2. The lowest BCUT2D eigenvalue weighted by Crippen LogP contribution is -2.21. The SMILES string of the molecule is CCC(C)c1ccc(NC(=O)COC(=O)c2ccc(Cl)cc2[N+](=O)[O-])cc1. The molecule has 0 spiro atoms. The number of ether oxygens (including phenoxy) is 1. The molecule has 2 aromatic carbocycles. The van der Waals surface area contributed by atoms with Gasteiger partial charge in [-0.2, -0.15) is 0 Å². The maximum atomic E-state index is 12.0. The second-order valence-corrected chi connectivity index (χ2v) is 6.41. The van der Waals surface area contributed by atoms with Crippen LogP contribution < -0.4 is 5.32 Å². The van der Waals surface area contributed by atoms with Crippen molar-refractivity contribution in [1.82, 2.24) is 0 Å². The number of rotatable bonds is 7. The Hall–Kier alpha value is -2.93. The van der Waals surface area contributed by atoms with Crippen molar-refractivity contribution in [1.29, 1.82) is 0 Å². The highest BCUT2D eigenvalue weighted by molar-refractivity contribution is 6.31. The van der Waals surface area contributed by atoms with Crippen molar-refractivity contribution in [2.75, 3.05) is 11.9 Å². The minimum Gasteiger partial charge on any atom is -0.452 e. The van der Waals surface area contributed by atoms with Gasteiger partial charge in [0.25, 0.3) is 11.6 Å². The Bertz CT molecular complexity index is 852. The van der Waals surface area contributed by atoms with E-state index in [9.17, 15) is 19.7 Å². The monoisotopic (exact) mass is 390 g/mol. The largest absolute Gasteiger partial charge is 0.452 e. The molecule has 0 fully saturated rings. The first-order chi connectivity index (χ1) is 12.8. The molecule has 0 saturated carbocycles. The van der Waals surface area contributed by atoms with E-state index in [0.29, 0.717) is 11.6 Å². The normalized spacial score (nSPS) is 11.5. The van der Waals surface area contributed by atoms with Gasteiger partial charge in [0.05, 0.1) is 4.92 Å². The second-order valence-electron chi connectivity index (χ2n) is 5.97. The average Bonchev–Trinajstić information content (AvgIpc) is 2.66. The fourth-order valence-corrected chi connectivity index (χ4v) is 2.53. The van der Waals surface area contributed by atoms with Gasteiger partial charge in [-0.1, -0.05) is 37.6 Å². The number of nitrogens with zero attached hydrogens (tertiary/aromatic N) is 1. The fraction of sp³-hybridized carbons (Fsp3) is 0.263. The van der Waals surface area contributed by atoms with Crippen LogP contribution in [-0.2, 0) is 9.53 Å². The Morgan fingerprint density at radius 3 is 2.48 bits per heavy atom. The molecule has 0 aliphatic carbocycles. The lowest BCUT2D eigenvalue weighted by atomic mass is 9.99. The Balaban J connectivity index is 1.96. The van der Waals surface area contributed by atoms with Crippen molar-refractivity contribution >= 4 is 34.9 Å². The van der Waals surface area contributed by atoms with Gasteiger partial charge in [-0.15, -0.1) is 0 Å². The molecule has 0 heterocycles. The van der Waals surface area contributed by atoms with Crippen molar-refractivity contribution in [3.8, 4) is 0 Å². The third kappa shape index (κ3) is 5.52. The number of benzene rings is 2. The molecule has 0 saturated heterocycles. The first-order valence-corrected chi connectivity index (χ1v) is 8.70. The second kappa shape index (κ2) is 9.14. The zero-order valence-electron chi connectivity index (χ0n) is 14.9. The van der Waals surface area contributed by atoms with Gasteiger partial charge in [0.2, 0.25) is 0 Å². The molecule has 1 atom stereocenters. The molecule has 0 aliphatic heterocycles. The van der Waals surface area contributed by atoms with E-state index in [4.69, 9.17) is 16.3 Å². The highest BCUT2D eigenvalue weighted by Crippen LogP contribution is 2.24. The summed E-state index contributed by atoms with van der Waals surface area (Å²) in [5.74, 6) is -1.09. The maximum absolute atomic E-state index is 12.0. The number of carbonyl (C=O) groups excluding carboxylic acids is 2. The van der Waals surface area contributed by atoms with Crippen LogP contribution in [0, 0.1) is 10.1 Å². The van der Waals surface area contributed by atoms with E-state index in [1.54, 1.807) is 12.1 Å². The topological polar surface area (TPSA) is 98.5 Å². The molecule has 8 heteroatoms. The number of amides is 1. The summed E-state index contributed by atoms with van der Waals surface area (Å²) in [6.07, 6.45) is 1.01. The molecule has 142 valence electrons. The third-order valence-corrected chi connectivity index (χ3v) is 4.32. The molecule has 0 aromatic heterocycles. The molecule has 7 nitrogen and oxygen atoms in total. The van der Waals surface area contributed by atoms with Gasteiger partial charge in [0.1, 0.15) is 5.56 Å². The van der Waals surface area contributed by atoms with E-state index < -0.39 is 29.1 Å². The summed E-state index contributed by atoms with van der Waals surface area (Å²) in [4.78, 5) is 34.3. The van der Waals surface area contributed by atoms with Gasteiger partial charge in [-0.3, -0.25) is 14.9 Å². The van der Waals surface area contributed by atoms with Crippen LogP contribution in [0.25, 0.3) is 0 Å². The summed E-state index contributed by atoms with van der Waals surface area (Å²) in [7, 11) is 0. The number of nitrogens with one attached hydrogen (secondary N) is 1. The van der Waals surface area contributed by atoms with E-state index in [-0.39, 0.29) is 10.6 Å². The molecule has 2 aromatic rings. The summed E-state index contributed by atoms with van der Waals surface area (Å²) < 4.78 is 4.87. The van der Waals surface area contributed by atoms with E-state index in [1.807, 2.05) is 12.1 Å². The van der Waals surface area contributed by atoms with Gasteiger partial charge in [0.15, 0.2) is 6.61 Å². The Morgan fingerprint density at radius 2 is 1.89 bits per heavy atom. The quantitative estimate of drug-likeness (QED) is 0.424. The number of halogens is 1. The van der Waals surface area contributed by atoms with Gasteiger partial charge in [-0.25, -0.2) is 4.79 Å². The van der Waals surface area contributed by atoms with Crippen molar-refractivity contribution in [2.24, 2.45) is 0 Å². The lowest BCUT2D eigenvalue weighted by Gasteiger charge is -2.11. The molecule has 1 amide bonds. The number of nitro benzene ring substituents is 1. The number of esters is 1. The zero-order valence-corrected chi connectivity index (χ0v) is 15.7. The third-order valence-electron chi connectivity index (χ3n) is 4.09. The first-order valence-electron chi connectivity index (χ1n) is 8.32. The fourth-order valence-electron chi connectivity index (χ4n) is 2.37. The van der Waals surface area contributed by atoms with E-state index in [0.717, 1.165) is 18.1 Å². The van der Waals surface area contributed by atoms with Crippen LogP contribution in [0.5, 0.6) is 0 Å². The van der Waals surface area contributed by atoms with Crippen molar-refractivity contribution in [2.45, 2.75) is 26.2 Å². The Kier molecular flexibility index (Phi) is 6.90. The van der Waals surface area contributed by atoms with Crippen LogP contribution in [0.15, 0.2) is 42.5 Å². The van der Waals surface area contributed by atoms with Gasteiger partial charge in [-0.05, 0) is 42.2 Å². The maximum Gasteiger partial charge on any atom is 0.345 e. The lowest BCUT2D eigenvalue weighted by molar-refractivity contribution is -0.385. The summed E-state index contributed by atoms with van der Waals surface area (Å²) in [5, 5.41) is 13.7. The van der Waals surface area contributed by atoms with Crippen molar-refractivity contribution < 1.29 is 19.2 Å². The van der Waals surface area contributed by atoms with E-state index in [1.165, 1.54) is 12.1 Å². The number of hydrogen-bond donors (Lipinski definition) is 1. The Morgan fingerprint density at radius 1 is 1.22 bits per heavy atom. The van der Waals surface area contributed by atoms with Crippen LogP contribution in [0.1, 0.15) is 42.1 Å². The van der Waals surface area contributed by atoms with Gasteiger partial charge < -0.3 is 10.1 Å². The van der Waals surface area contributed by atoms with E-state index in [2.05, 4.69) is 19.2 Å². The summed E-state index contributed by atoms with van der Waals surface area (Å²) >= 11 is 5.70. The molecule has 27 heavy (non-hydrogen) atoms. The van der Waals surface area contributed by atoms with Gasteiger partial charge >= 0.3 is 5.97 Å². The van der Waals surface area contributed by atoms with Crippen molar-refractivity contribution in [3.63, 3.8) is 0 Å². The first kappa shape index (κ1) is 20.4. The summed E-state index contributed by atoms with van der Waals surface area (Å²) in [6, 6.07) is 11.0. The van der Waals surface area contributed by atoms with Crippen LogP contribution >= 0.6 is 11.6 Å². The minimum atomic E-state index is -0.972. The molecular weight excluding hydrogens is 372 g/mol. The molecule has 0 radical (unpaired) electrons. The highest BCUT2D eigenvalue weighted by Gasteiger charge is 2.22. The Labute approximate surface area is 161 Å². The number of nitro groups is 1. The molecule has 1 unspecified atom stereocenters. The number of anilines is 1.